The maximum Gasteiger partial charge on any atom is 0.138 e. The summed E-state index contributed by atoms with van der Waals surface area (Å²) in [6.45, 7) is 0. The predicted octanol–water partition coefficient (Wildman–Crippen LogP) is 3.04. The molecular weight excluding hydrogens is 262 g/mol. The Hall–Kier alpha value is -3.26. The average molecular weight is 271 g/mol. The van der Waals surface area contributed by atoms with Crippen molar-refractivity contribution in [3.8, 4) is 17.5 Å². The van der Waals surface area contributed by atoms with Gasteiger partial charge in [-0.15, -0.1) is 0 Å². The molecule has 0 unspecified atom stereocenters. The molecule has 4 rings (SSSR count). The Balaban J connectivity index is 1.89. The van der Waals surface area contributed by atoms with E-state index in [0.29, 0.717) is 5.56 Å². The lowest BCUT2D eigenvalue weighted by molar-refractivity contribution is 1.28. The van der Waals surface area contributed by atoms with Gasteiger partial charge in [-0.1, -0.05) is 0 Å². The topological polar surface area (TPSA) is 78.2 Å². The van der Waals surface area contributed by atoms with Crippen molar-refractivity contribution in [3.63, 3.8) is 0 Å². The highest BCUT2D eigenvalue weighted by atomic mass is 14.9. The second-order valence-corrected chi connectivity index (χ2v) is 4.69. The van der Waals surface area contributed by atoms with E-state index < -0.39 is 0 Å². The number of nitrogens with one attached hydrogen (secondary N) is 1. The molecule has 0 spiro atoms. The zero-order valence-electron chi connectivity index (χ0n) is 10.9. The molecule has 0 aliphatic rings. The summed E-state index contributed by atoms with van der Waals surface area (Å²) in [5.41, 5.74) is 4.92. The van der Waals surface area contributed by atoms with Crippen molar-refractivity contribution in [2.45, 2.75) is 0 Å². The van der Waals surface area contributed by atoms with Crippen molar-refractivity contribution >= 4 is 22.1 Å². The molecule has 0 aliphatic heterocycles. The van der Waals surface area contributed by atoms with Crippen LogP contribution in [0.1, 0.15) is 5.56 Å². The molecule has 1 N–H and O–H groups in total. The van der Waals surface area contributed by atoms with Crippen LogP contribution in [0, 0.1) is 11.3 Å². The first-order valence-electron chi connectivity index (χ1n) is 6.44. The van der Waals surface area contributed by atoms with Crippen molar-refractivity contribution in [2.24, 2.45) is 0 Å². The van der Waals surface area contributed by atoms with Crippen molar-refractivity contribution in [2.75, 3.05) is 0 Å². The molecule has 2 heterocycles. The van der Waals surface area contributed by atoms with E-state index in [0.717, 1.165) is 33.5 Å². The molecule has 0 aliphatic carbocycles. The quantitative estimate of drug-likeness (QED) is 0.577. The van der Waals surface area contributed by atoms with Crippen LogP contribution >= 0.6 is 0 Å². The standard InChI is InChI=1S/C16H9N5/c17-9-10-1-3-13-15(7-10)21-16(20-13)11-2-4-12-14(8-11)19-6-5-18-12/h1-8H,(H,20,21). The summed E-state index contributed by atoms with van der Waals surface area (Å²) in [5.74, 6) is 0.757. The van der Waals surface area contributed by atoms with Crippen molar-refractivity contribution in [3.05, 3.63) is 54.4 Å². The number of H-pyrrole nitrogens is 1. The fourth-order valence-corrected chi connectivity index (χ4v) is 2.33. The summed E-state index contributed by atoms with van der Waals surface area (Å²) in [6, 6.07) is 13.4. The first-order valence-corrected chi connectivity index (χ1v) is 6.44. The lowest BCUT2D eigenvalue weighted by Crippen LogP contribution is -1.85. The van der Waals surface area contributed by atoms with Gasteiger partial charge in [-0.05, 0) is 36.4 Å². The average Bonchev–Trinajstić information content (AvgIpc) is 2.97. The van der Waals surface area contributed by atoms with E-state index in [2.05, 4.69) is 26.0 Å². The second-order valence-electron chi connectivity index (χ2n) is 4.69. The van der Waals surface area contributed by atoms with Crippen LogP contribution in [0.4, 0.5) is 0 Å². The zero-order chi connectivity index (χ0) is 14.2. The maximum absolute atomic E-state index is 8.94. The molecule has 5 nitrogen and oxygen atoms in total. The molecule has 0 radical (unpaired) electrons. The Kier molecular flexibility index (Phi) is 2.42. The van der Waals surface area contributed by atoms with Gasteiger partial charge in [0.15, 0.2) is 0 Å². The van der Waals surface area contributed by atoms with Crippen LogP contribution in [0.15, 0.2) is 48.8 Å². The van der Waals surface area contributed by atoms with Gasteiger partial charge < -0.3 is 4.98 Å². The van der Waals surface area contributed by atoms with Crippen molar-refractivity contribution < 1.29 is 0 Å². The summed E-state index contributed by atoms with van der Waals surface area (Å²) in [7, 11) is 0. The molecule has 0 atom stereocenters. The number of fused-ring (bicyclic) bond motifs is 2. The van der Waals surface area contributed by atoms with Gasteiger partial charge in [-0.3, -0.25) is 9.97 Å². The molecule has 0 bridgehead atoms. The second kappa shape index (κ2) is 4.39. The Labute approximate surface area is 119 Å². The van der Waals surface area contributed by atoms with Crippen LogP contribution in [0.2, 0.25) is 0 Å². The van der Waals surface area contributed by atoms with Gasteiger partial charge in [-0.25, -0.2) is 4.98 Å². The highest BCUT2D eigenvalue weighted by molar-refractivity contribution is 5.84. The predicted molar refractivity (Wildman–Crippen MR) is 79.3 cm³/mol. The summed E-state index contributed by atoms with van der Waals surface area (Å²) in [4.78, 5) is 16.3. The SMILES string of the molecule is N#Cc1ccc2nc(-c3ccc4nccnc4c3)[nH]c2c1. The molecule has 0 saturated heterocycles. The minimum absolute atomic E-state index is 0.613. The molecule has 5 heteroatoms. The summed E-state index contributed by atoms with van der Waals surface area (Å²) in [5, 5.41) is 8.94. The van der Waals surface area contributed by atoms with Crippen LogP contribution < -0.4 is 0 Å². The van der Waals surface area contributed by atoms with E-state index in [4.69, 9.17) is 5.26 Å². The van der Waals surface area contributed by atoms with Crippen LogP contribution in [-0.4, -0.2) is 19.9 Å². The van der Waals surface area contributed by atoms with Crippen LogP contribution in [-0.2, 0) is 0 Å². The van der Waals surface area contributed by atoms with Crippen LogP contribution in [0.25, 0.3) is 33.5 Å². The van der Waals surface area contributed by atoms with Gasteiger partial charge in [-0.2, -0.15) is 5.26 Å². The molecule has 21 heavy (non-hydrogen) atoms. The molecule has 2 aromatic carbocycles. The van der Waals surface area contributed by atoms with Gasteiger partial charge in [0.25, 0.3) is 0 Å². The fourth-order valence-electron chi connectivity index (χ4n) is 2.33. The Bertz CT molecular complexity index is 1010. The number of imidazole rings is 1. The molecule has 4 aromatic rings. The van der Waals surface area contributed by atoms with E-state index in [1.165, 1.54) is 0 Å². The van der Waals surface area contributed by atoms with Gasteiger partial charge >= 0.3 is 0 Å². The highest BCUT2D eigenvalue weighted by Crippen LogP contribution is 2.23. The maximum atomic E-state index is 8.94. The van der Waals surface area contributed by atoms with E-state index in [9.17, 15) is 0 Å². The molecule has 0 fully saturated rings. The number of rotatable bonds is 1. The van der Waals surface area contributed by atoms with E-state index in [1.807, 2.05) is 24.3 Å². The zero-order valence-corrected chi connectivity index (χ0v) is 10.9. The minimum Gasteiger partial charge on any atom is -0.338 e. The van der Waals surface area contributed by atoms with Crippen molar-refractivity contribution in [1.82, 2.24) is 19.9 Å². The van der Waals surface area contributed by atoms with Crippen LogP contribution in [0.3, 0.4) is 0 Å². The monoisotopic (exact) mass is 271 g/mol. The largest absolute Gasteiger partial charge is 0.338 e. The summed E-state index contributed by atoms with van der Waals surface area (Å²) < 4.78 is 0. The number of aromatic nitrogens is 4. The Morgan fingerprint density at radius 3 is 2.57 bits per heavy atom. The Morgan fingerprint density at radius 2 is 1.71 bits per heavy atom. The third kappa shape index (κ3) is 1.90. The Morgan fingerprint density at radius 1 is 0.905 bits per heavy atom. The smallest absolute Gasteiger partial charge is 0.138 e. The van der Waals surface area contributed by atoms with Crippen molar-refractivity contribution in [1.29, 1.82) is 5.26 Å². The third-order valence-corrected chi connectivity index (χ3v) is 3.35. The first-order chi connectivity index (χ1) is 10.3. The molecule has 0 saturated carbocycles. The first kappa shape index (κ1) is 11.6. The van der Waals surface area contributed by atoms with Gasteiger partial charge in [0.1, 0.15) is 5.82 Å². The molecule has 2 aromatic heterocycles. The number of hydrogen-bond donors (Lipinski definition) is 1. The van der Waals surface area contributed by atoms with E-state index in [1.54, 1.807) is 24.5 Å². The number of aromatic amines is 1. The normalized spacial score (nSPS) is 10.8. The number of hydrogen-bond acceptors (Lipinski definition) is 4. The van der Waals surface area contributed by atoms with Gasteiger partial charge in [0.05, 0.1) is 33.7 Å². The van der Waals surface area contributed by atoms with E-state index in [-0.39, 0.29) is 0 Å². The minimum atomic E-state index is 0.613. The van der Waals surface area contributed by atoms with E-state index >= 15 is 0 Å². The summed E-state index contributed by atoms with van der Waals surface area (Å²) in [6.07, 6.45) is 3.34. The number of nitriles is 1. The molecular formula is C16H9N5. The number of nitrogens with zero attached hydrogens (tertiary/aromatic N) is 4. The fraction of sp³-hybridized carbons (Fsp3) is 0. The van der Waals surface area contributed by atoms with Gasteiger partial charge in [0.2, 0.25) is 0 Å². The lowest BCUT2D eigenvalue weighted by atomic mass is 10.2. The lowest BCUT2D eigenvalue weighted by Gasteiger charge is -1.99. The molecule has 0 amide bonds. The third-order valence-electron chi connectivity index (χ3n) is 3.35. The highest BCUT2D eigenvalue weighted by Gasteiger charge is 2.07. The molecule has 98 valence electrons. The van der Waals surface area contributed by atoms with Crippen LogP contribution in [0.5, 0.6) is 0 Å². The summed E-state index contributed by atoms with van der Waals surface area (Å²) >= 11 is 0. The number of benzene rings is 2. The van der Waals surface area contributed by atoms with Gasteiger partial charge in [0, 0.05) is 18.0 Å².